The van der Waals surface area contributed by atoms with Gasteiger partial charge in [-0.1, -0.05) is 59.6 Å². The van der Waals surface area contributed by atoms with Gasteiger partial charge < -0.3 is 19.7 Å². The zero-order chi connectivity index (χ0) is 26.5. The van der Waals surface area contributed by atoms with Crippen molar-refractivity contribution in [2.45, 2.75) is 18.8 Å². The number of H-pyrrole nitrogens is 1. The van der Waals surface area contributed by atoms with E-state index in [0.29, 0.717) is 22.2 Å². The minimum Gasteiger partial charge on any atom is -0.341 e. The number of aromatic nitrogens is 2. The van der Waals surface area contributed by atoms with Crippen LogP contribution in [0, 0.1) is 0 Å². The van der Waals surface area contributed by atoms with Crippen molar-refractivity contribution >= 4 is 46.1 Å². The molecular formula is C30H33Cl2N5O. The number of imidazole rings is 1. The topological polar surface area (TPSA) is 55.5 Å². The van der Waals surface area contributed by atoms with Crippen molar-refractivity contribution < 1.29 is 4.79 Å². The monoisotopic (exact) mass is 549 g/mol. The summed E-state index contributed by atoms with van der Waals surface area (Å²) < 4.78 is 0. The van der Waals surface area contributed by atoms with E-state index in [0.717, 1.165) is 68.1 Å². The second-order valence-electron chi connectivity index (χ2n) is 9.97. The van der Waals surface area contributed by atoms with Gasteiger partial charge in [-0.15, -0.1) is 0 Å². The van der Waals surface area contributed by atoms with Crippen LogP contribution in [0.1, 0.15) is 34.7 Å². The van der Waals surface area contributed by atoms with E-state index in [4.69, 9.17) is 28.2 Å². The van der Waals surface area contributed by atoms with Gasteiger partial charge in [0.25, 0.3) is 5.91 Å². The van der Waals surface area contributed by atoms with Crippen LogP contribution in [0.25, 0.3) is 11.0 Å². The van der Waals surface area contributed by atoms with Crippen molar-refractivity contribution in [2.75, 3.05) is 51.2 Å². The molecule has 0 radical (unpaired) electrons. The van der Waals surface area contributed by atoms with Crippen LogP contribution in [0.2, 0.25) is 10.0 Å². The number of nitrogens with one attached hydrogen (secondary N) is 1. The highest BCUT2D eigenvalue weighted by molar-refractivity contribution is 6.42. The van der Waals surface area contributed by atoms with Crippen molar-refractivity contribution in [2.24, 2.45) is 0 Å². The lowest BCUT2D eigenvalue weighted by Gasteiger charge is -2.28. The second-order valence-corrected chi connectivity index (χ2v) is 10.8. The summed E-state index contributed by atoms with van der Waals surface area (Å²) in [6, 6.07) is 23.4. The first-order chi connectivity index (χ1) is 18.5. The summed E-state index contributed by atoms with van der Waals surface area (Å²) >= 11 is 12.6. The summed E-state index contributed by atoms with van der Waals surface area (Å²) in [5.74, 6) is 1.10. The summed E-state index contributed by atoms with van der Waals surface area (Å²) in [6.45, 7) is 5.43. The largest absolute Gasteiger partial charge is 0.341 e. The van der Waals surface area contributed by atoms with Crippen molar-refractivity contribution in [1.82, 2.24) is 19.8 Å². The van der Waals surface area contributed by atoms with Crippen LogP contribution in [0.5, 0.6) is 0 Å². The molecule has 0 spiro atoms. The lowest BCUT2D eigenvalue weighted by molar-refractivity contribution is 0.0783. The summed E-state index contributed by atoms with van der Waals surface area (Å²) in [5.41, 5.74) is 3.87. The number of rotatable bonds is 8. The van der Waals surface area contributed by atoms with E-state index < -0.39 is 0 Å². The highest BCUT2D eigenvalue weighted by Crippen LogP contribution is 2.29. The van der Waals surface area contributed by atoms with Crippen LogP contribution in [0.4, 0.5) is 5.95 Å². The molecule has 1 saturated heterocycles. The number of anilines is 1. The molecule has 1 aliphatic heterocycles. The maximum Gasteiger partial charge on any atom is 0.253 e. The molecule has 1 aliphatic rings. The number of hydrogen-bond acceptors (Lipinski definition) is 4. The number of nitrogens with zero attached hydrogens (tertiary/aromatic N) is 4. The number of aromatic amines is 1. The Labute approximate surface area is 234 Å². The predicted octanol–water partition coefficient (Wildman–Crippen LogP) is 6.33. The average molecular weight is 551 g/mol. The molecule has 1 amide bonds. The van der Waals surface area contributed by atoms with E-state index in [1.54, 1.807) is 0 Å². The van der Waals surface area contributed by atoms with Gasteiger partial charge in [-0.3, -0.25) is 4.79 Å². The molecule has 1 unspecified atom stereocenters. The third-order valence-corrected chi connectivity index (χ3v) is 8.07. The number of amides is 1. The van der Waals surface area contributed by atoms with Crippen molar-refractivity contribution in [3.05, 3.63) is 94.0 Å². The molecule has 6 nitrogen and oxygen atoms in total. The van der Waals surface area contributed by atoms with Gasteiger partial charge in [0.15, 0.2) is 0 Å². The molecule has 5 rings (SSSR count). The summed E-state index contributed by atoms with van der Waals surface area (Å²) in [6.07, 6.45) is 1.98. The minimum atomic E-state index is 0.0203. The Morgan fingerprint density at radius 1 is 0.974 bits per heavy atom. The number of likely N-dealkylation sites (N-methyl/N-ethyl adjacent to an activating group) is 1. The van der Waals surface area contributed by atoms with E-state index in [-0.39, 0.29) is 11.8 Å². The summed E-state index contributed by atoms with van der Waals surface area (Å²) in [7, 11) is 1.87. The van der Waals surface area contributed by atoms with Crippen LogP contribution in [0.15, 0.2) is 72.8 Å². The quantitative estimate of drug-likeness (QED) is 0.279. The van der Waals surface area contributed by atoms with Gasteiger partial charge in [0.1, 0.15) is 0 Å². The maximum atomic E-state index is 13.1. The van der Waals surface area contributed by atoms with Crippen LogP contribution in [-0.2, 0) is 0 Å². The Morgan fingerprint density at radius 3 is 2.55 bits per heavy atom. The number of fused-ring (bicyclic) bond motifs is 1. The van der Waals surface area contributed by atoms with Crippen LogP contribution in [0.3, 0.4) is 0 Å². The fraction of sp³-hybridized carbons (Fsp3) is 0.333. The predicted molar refractivity (Wildman–Crippen MR) is 157 cm³/mol. The van der Waals surface area contributed by atoms with Gasteiger partial charge in [0, 0.05) is 44.7 Å². The third-order valence-electron chi connectivity index (χ3n) is 7.34. The molecule has 2 heterocycles. The molecule has 3 aromatic carbocycles. The molecule has 1 N–H and O–H groups in total. The fourth-order valence-corrected chi connectivity index (χ4v) is 5.48. The number of carbonyl (C=O) groups is 1. The Bertz CT molecular complexity index is 1340. The van der Waals surface area contributed by atoms with Crippen LogP contribution < -0.4 is 4.90 Å². The first-order valence-corrected chi connectivity index (χ1v) is 13.9. The molecule has 38 heavy (non-hydrogen) atoms. The molecule has 4 aromatic rings. The molecule has 1 aromatic heterocycles. The van der Waals surface area contributed by atoms with E-state index >= 15 is 0 Å². The standard InChI is InChI=1S/C30H33Cl2N5O/c1-35(29(38)22-8-3-2-4-9-22)21-24(23-12-13-25(31)26(32)20-23)14-17-36-15-7-16-37(19-18-36)30-33-27-10-5-6-11-28(27)34-30/h2-6,8-13,20,24H,7,14-19,21H2,1H3,(H,33,34). The molecule has 0 aliphatic carbocycles. The number of benzene rings is 3. The van der Waals surface area contributed by atoms with Gasteiger partial charge in [-0.05, 0) is 67.9 Å². The fourth-order valence-electron chi connectivity index (χ4n) is 5.18. The average Bonchev–Trinajstić information content (AvgIpc) is 3.23. The number of halogens is 2. The number of para-hydroxylation sites is 2. The number of carbonyl (C=O) groups excluding carboxylic acids is 1. The molecule has 1 fully saturated rings. The van der Waals surface area contributed by atoms with Crippen molar-refractivity contribution in [3.8, 4) is 0 Å². The van der Waals surface area contributed by atoms with Crippen LogP contribution >= 0.6 is 23.2 Å². The summed E-state index contributed by atoms with van der Waals surface area (Å²) in [5, 5.41) is 1.09. The minimum absolute atomic E-state index is 0.0203. The Kier molecular flexibility index (Phi) is 8.52. The maximum absolute atomic E-state index is 13.1. The van der Waals surface area contributed by atoms with Gasteiger partial charge in [0.05, 0.1) is 21.1 Å². The smallest absolute Gasteiger partial charge is 0.253 e. The van der Waals surface area contributed by atoms with Crippen molar-refractivity contribution in [3.63, 3.8) is 0 Å². The Hall–Kier alpha value is -3.06. The molecule has 198 valence electrons. The normalized spacial score (nSPS) is 15.4. The lowest BCUT2D eigenvalue weighted by atomic mass is 9.94. The van der Waals surface area contributed by atoms with E-state index in [2.05, 4.69) is 20.9 Å². The zero-order valence-corrected chi connectivity index (χ0v) is 23.1. The van der Waals surface area contributed by atoms with Crippen molar-refractivity contribution in [1.29, 1.82) is 0 Å². The lowest BCUT2D eigenvalue weighted by Crippen LogP contribution is -2.35. The molecular weight excluding hydrogens is 517 g/mol. The highest BCUT2D eigenvalue weighted by atomic mass is 35.5. The molecule has 0 saturated carbocycles. The van der Waals surface area contributed by atoms with Crippen LogP contribution in [-0.4, -0.2) is 72.0 Å². The van der Waals surface area contributed by atoms with E-state index in [9.17, 15) is 4.79 Å². The first kappa shape index (κ1) is 26.5. The molecule has 1 atom stereocenters. The van der Waals surface area contributed by atoms with Gasteiger partial charge in [0.2, 0.25) is 5.95 Å². The highest BCUT2D eigenvalue weighted by Gasteiger charge is 2.22. The van der Waals surface area contributed by atoms with Gasteiger partial charge in [-0.25, -0.2) is 4.98 Å². The Morgan fingerprint density at radius 2 is 1.76 bits per heavy atom. The second kappa shape index (κ2) is 12.2. The van der Waals surface area contributed by atoms with Gasteiger partial charge >= 0.3 is 0 Å². The third kappa shape index (κ3) is 6.32. The van der Waals surface area contributed by atoms with E-state index in [1.165, 1.54) is 0 Å². The molecule has 8 heteroatoms. The first-order valence-electron chi connectivity index (χ1n) is 13.2. The molecule has 0 bridgehead atoms. The summed E-state index contributed by atoms with van der Waals surface area (Å²) in [4.78, 5) is 28.0. The zero-order valence-electron chi connectivity index (χ0n) is 21.6. The SMILES string of the molecule is CN(CC(CCN1CCCN(c2nc3ccccc3[nH]2)CC1)c1ccc(Cl)c(Cl)c1)C(=O)c1ccccc1. The Balaban J connectivity index is 1.25. The van der Waals surface area contributed by atoms with Gasteiger partial charge in [-0.2, -0.15) is 0 Å². The van der Waals surface area contributed by atoms with E-state index in [1.807, 2.05) is 78.7 Å². The number of hydrogen-bond donors (Lipinski definition) is 1.